The molecule has 0 saturated carbocycles. The Bertz CT molecular complexity index is 785. The number of hydrogen-bond acceptors (Lipinski definition) is 3. The van der Waals surface area contributed by atoms with Crippen LogP contribution in [0.3, 0.4) is 0 Å². The highest BCUT2D eigenvalue weighted by molar-refractivity contribution is 7.92. The van der Waals surface area contributed by atoms with Crippen molar-refractivity contribution in [3.8, 4) is 0 Å². The molecule has 112 valence electrons. The van der Waals surface area contributed by atoms with Gasteiger partial charge in [-0.15, -0.1) is 0 Å². The maximum Gasteiger partial charge on any atom is 0.284 e. The smallest absolute Gasteiger partial charge is 0.284 e. The van der Waals surface area contributed by atoms with Crippen LogP contribution >= 0.6 is 11.6 Å². The number of aryl methyl sites for hydroxylation is 1. The molecule has 5 nitrogen and oxygen atoms in total. The second-order valence-electron chi connectivity index (χ2n) is 5.28. The molecule has 1 aromatic heterocycles. The zero-order valence-electron chi connectivity index (χ0n) is 11.8. The Morgan fingerprint density at radius 2 is 2.05 bits per heavy atom. The molecule has 1 aliphatic rings. The van der Waals surface area contributed by atoms with Crippen molar-refractivity contribution in [2.45, 2.75) is 24.3 Å². The maximum absolute atomic E-state index is 12.9. The average Bonchev–Trinajstić information content (AvgIpc) is 2.80. The van der Waals surface area contributed by atoms with E-state index >= 15 is 0 Å². The van der Waals surface area contributed by atoms with Crippen molar-refractivity contribution < 1.29 is 8.42 Å². The summed E-state index contributed by atoms with van der Waals surface area (Å²) < 4.78 is 28.6. The molecule has 2 aromatic rings. The van der Waals surface area contributed by atoms with E-state index in [0.29, 0.717) is 12.5 Å². The number of para-hydroxylation sites is 1. The van der Waals surface area contributed by atoms with Crippen LogP contribution in [0.25, 0.3) is 0 Å². The second kappa shape index (κ2) is 5.03. The van der Waals surface area contributed by atoms with Gasteiger partial charge in [0.15, 0.2) is 0 Å². The maximum atomic E-state index is 12.9. The van der Waals surface area contributed by atoms with E-state index in [4.69, 9.17) is 11.6 Å². The summed E-state index contributed by atoms with van der Waals surface area (Å²) in [5.74, 6) is 0.340. The van der Waals surface area contributed by atoms with Crippen molar-refractivity contribution in [2.75, 3.05) is 10.8 Å². The molecule has 0 N–H and O–H groups in total. The van der Waals surface area contributed by atoms with E-state index in [-0.39, 0.29) is 10.2 Å². The number of benzene rings is 1. The largest absolute Gasteiger partial charge is 0.324 e. The van der Waals surface area contributed by atoms with Crippen LogP contribution < -0.4 is 4.31 Å². The predicted molar refractivity (Wildman–Crippen MR) is 82.2 cm³/mol. The number of imidazole rings is 1. The minimum Gasteiger partial charge on any atom is -0.324 e. The van der Waals surface area contributed by atoms with Crippen LogP contribution in [0, 0.1) is 0 Å². The molecule has 0 radical (unpaired) electrons. The highest BCUT2D eigenvalue weighted by Gasteiger charge is 2.34. The van der Waals surface area contributed by atoms with E-state index in [2.05, 4.69) is 11.9 Å². The first-order chi connectivity index (χ1) is 9.93. The van der Waals surface area contributed by atoms with Gasteiger partial charge in [0.05, 0.1) is 12.0 Å². The number of aromatic nitrogens is 2. The first kappa shape index (κ1) is 14.4. The Hall–Kier alpha value is -1.53. The van der Waals surface area contributed by atoms with Crippen molar-refractivity contribution in [1.82, 2.24) is 9.55 Å². The van der Waals surface area contributed by atoms with Crippen LogP contribution in [0.2, 0.25) is 5.15 Å². The van der Waals surface area contributed by atoms with Gasteiger partial charge in [-0.25, -0.2) is 4.98 Å². The Morgan fingerprint density at radius 1 is 1.33 bits per heavy atom. The molecule has 0 bridgehead atoms. The second-order valence-corrected chi connectivity index (χ2v) is 7.41. The van der Waals surface area contributed by atoms with Crippen LogP contribution in [-0.2, 0) is 17.1 Å². The fraction of sp³-hybridized carbons (Fsp3) is 0.357. The van der Waals surface area contributed by atoms with E-state index in [9.17, 15) is 8.42 Å². The molecule has 1 aromatic carbocycles. The van der Waals surface area contributed by atoms with E-state index in [1.54, 1.807) is 7.05 Å². The zero-order chi connectivity index (χ0) is 15.2. The standard InChI is InChI=1S/C14H16ClN3O2S/c1-10-7-8-18(12-6-4-3-5-11(10)12)21(19,20)14-13(15)17(2)9-16-14/h3-6,9-10H,7-8H2,1-2H3. The van der Waals surface area contributed by atoms with Gasteiger partial charge in [0.1, 0.15) is 5.15 Å². The van der Waals surface area contributed by atoms with Gasteiger partial charge in [0.2, 0.25) is 5.03 Å². The van der Waals surface area contributed by atoms with Gasteiger partial charge in [-0.05, 0) is 24.0 Å². The Labute approximate surface area is 129 Å². The van der Waals surface area contributed by atoms with Crippen LogP contribution in [0.5, 0.6) is 0 Å². The minimum atomic E-state index is -3.74. The van der Waals surface area contributed by atoms with E-state index < -0.39 is 10.0 Å². The number of rotatable bonds is 2. The summed E-state index contributed by atoms with van der Waals surface area (Å²) in [4.78, 5) is 3.96. The van der Waals surface area contributed by atoms with Crippen LogP contribution in [-0.4, -0.2) is 24.5 Å². The lowest BCUT2D eigenvalue weighted by Crippen LogP contribution is -2.36. The molecular formula is C14H16ClN3O2S. The Kier molecular flexibility index (Phi) is 3.45. The van der Waals surface area contributed by atoms with Crippen LogP contribution in [0.4, 0.5) is 5.69 Å². The molecule has 2 heterocycles. The predicted octanol–water partition coefficient (Wildman–Crippen LogP) is 2.78. The summed E-state index contributed by atoms with van der Waals surface area (Å²) in [7, 11) is -2.07. The highest BCUT2D eigenvalue weighted by atomic mass is 35.5. The van der Waals surface area contributed by atoms with Gasteiger partial charge in [0.25, 0.3) is 10.0 Å². The monoisotopic (exact) mass is 325 g/mol. The molecule has 7 heteroatoms. The van der Waals surface area contributed by atoms with Crippen molar-refractivity contribution in [3.63, 3.8) is 0 Å². The molecule has 0 saturated heterocycles. The molecule has 1 atom stereocenters. The van der Waals surface area contributed by atoms with Crippen LogP contribution in [0.15, 0.2) is 35.6 Å². The fourth-order valence-electron chi connectivity index (χ4n) is 2.64. The van der Waals surface area contributed by atoms with E-state index in [1.165, 1.54) is 15.2 Å². The van der Waals surface area contributed by atoms with E-state index in [1.807, 2.05) is 24.3 Å². The average molecular weight is 326 g/mol. The van der Waals surface area contributed by atoms with Gasteiger partial charge in [-0.2, -0.15) is 8.42 Å². The summed E-state index contributed by atoms with van der Waals surface area (Å²) in [5, 5.41) is 0.0436. The number of fused-ring (bicyclic) bond motifs is 1. The molecule has 3 rings (SSSR count). The van der Waals surface area contributed by atoms with Crippen molar-refractivity contribution >= 4 is 27.3 Å². The first-order valence-corrected chi connectivity index (χ1v) is 8.53. The molecule has 0 aliphatic carbocycles. The Morgan fingerprint density at radius 3 is 2.71 bits per heavy atom. The molecule has 1 aliphatic heterocycles. The molecule has 0 amide bonds. The fourth-order valence-corrected chi connectivity index (χ4v) is 4.54. The summed E-state index contributed by atoms with van der Waals surface area (Å²) in [6.07, 6.45) is 2.19. The molecular weight excluding hydrogens is 310 g/mol. The number of nitrogens with zero attached hydrogens (tertiary/aromatic N) is 3. The highest BCUT2D eigenvalue weighted by Crippen LogP contribution is 2.38. The minimum absolute atomic E-state index is 0.0870. The zero-order valence-corrected chi connectivity index (χ0v) is 13.4. The third-order valence-corrected chi connectivity index (χ3v) is 6.18. The normalized spacial score (nSPS) is 18.6. The van der Waals surface area contributed by atoms with Crippen LogP contribution in [0.1, 0.15) is 24.8 Å². The summed E-state index contributed by atoms with van der Waals surface area (Å²) >= 11 is 6.06. The van der Waals surface area contributed by atoms with Crippen molar-refractivity contribution in [3.05, 3.63) is 41.3 Å². The topological polar surface area (TPSA) is 55.2 Å². The Balaban J connectivity index is 2.13. The number of hydrogen-bond donors (Lipinski definition) is 0. The summed E-state index contributed by atoms with van der Waals surface area (Å²) in [6, 6.07) is 7.58. The quantitative estimate of drug-likeness (QED) is 0.853. The van der Waals surface area contributed by atoms with Gasteiger partial charge in [-0.1, -0.05) is 36.7 Å². The molecule has 0 fully saturated rings. The number of halogens is 1. The van der Waals surface area contributed by atoms with Gasteiger partial charge >= 0.3 is 0 Å². The van der Waals surface area contributed by atoms with E-state index in [0.717, 1.165) is 17.7 Å². The van der Waals surface area contributed by atoms with Gasteiger partial charge < -0.3 is 4.57 Å². The third kappa shape index (κ3) is 2.22. The molecule has 21 heavy (non-hydrogen) atoms. The summed E-state index contributed by atoms with van der Waals surface area (Å²) in [6.45, 7) is 2.55. The summed E-state index contributed by atoms with van der Waals surface area (Å²) in [5.41, 5.74) is 1.76. The van der Waals surface area contributed by atoms with Gasteiger partial charge in [0, 0.05) is 13.6 Å². The lowest BCUT2D eigenvalue weighted by atomic mass is 9.93. The first-order valence-electron chi connectivity index (χ1n) is 6.71. The number of sulfonamides is 1. The SMILES string of the molecule is CC1CCN(S(=O)(=O)c2ncn(C)c2Cl)c2ccccc21. The number of anilines is 1. The molecule has 0 spiro atoms. The molecule has 1 unspecified atom stereocenters. The van der Waals surface area contributed by atoms with Crippen molar-refractivity contribution in [1.29, 1.82) is 0 Å². The van der Waals surface area contributed by atoms with Gasteiger partial charge in [-0.3, -0.25) is 4.31 Å². The lowest BCUT2D eigenvalue weighted by molar-refractivity contribution is 0.575. The third-order valence-electron chi connectivity index (χ3n) is 3.87. The lowest BCUT2D eigenvalue weighted by Gasteiger charge is -2.33. The van der Waals surface area contributed by atoms with Crippen molar-refractivity contribution in [2.24, 2.45) is 7.05 Å².